The number of hydrogen-bond acceptors (Lipinski definition) is 4. The minimum atomic E-state index is -0.671. The molecular weight excluding hydrogens is 284 g/mol. The highest BCUT2D eigenvalue weighted by atomic mass is 16.5. The predicted molar refractivity (Wildman–Crippen MR) is 80.2 cm³/mol. The van der Waals surface area contributed by atoms with Crippen molar-refractivity contribution >= 4 is 17.8 Å². The number of primary amides is 1. The summed E-state index contributed by atoms with van der Waals surface area (Å²) in [7, 11) is 1.36. The molecule has 1 atom stereocenters. The smallest absolute Gasteiger partial charge is 0.313 e. The molecule has 22 heavy (non-hydrogen) atoms. The summed E-state index contributed by atoms with van der Waals surface area (Å²) in [5.74, 6) is -0.991. The van der Waals surface area contributed by atoms with E-state index in [1.54, 1.807) is 17.0 Å². The minimum Gasteiger partial charge on any atom is -0.469 e. The van der Waals surface area contributed by atoms with Gasteiger partial charge in [0.05, 0.1) is 12.5 Å². The Kier molecular flexibility index (Phi) is 4.49. The van der Waals surface area contributed by atoms with E-state index in [1.165, 1.54) is 19.2 Å². The number of amides is 2. The molecule has 0 saturated carbocycles. The van der Waals surface area contributed by atoms with Gasteiger partial charge in [-0.2, -0.15) is 0 Å². The lowest BCUT2D eigenvalue weighted by Gasteiger charge is -2.38. The molecule has 1 heterocycles. The highest BCUT2D eigenvalue weighted by molar-refractivity contribution is 5.97. The number of carbonyl (C=O) groups is 3. The molecule has 0 aromatic heterocycles. The molecule has 2 N–H and O–H groups in total. The summed E-state index contributed by atoms with van der Waals surface area (Å²) in [6.07, 6.45) is 1.45. The zero-order chi connectivity index (χ0) is 16.3. The van der Waals surface area contributed by atoms with Crippen LogP contribution in [0.15, 0.2) is 24.3 Å². The summed E-state index contributed by atoms with van der Waals surface area (Å²) in [6, 6.07) is 6.21. The van der Waals surface area contributed by atoms with E-state index >= 15 is 0 Å². The number of esters is 1. The van der Waals surface area contributed by atoms with Crippen molar-refractivity contribution in [1.29, 1.82) is 0 Å². The molecule has 1 aliphatic heterocycles. The predicted octanol–water partition coefficient (Wildman–Crippen LogP) is 1.20. The number of carbonyl (C=O) groups excluding carboxylic acids is 3. The van der Waals surface area contributed by atoms with Crippen LogP contribution in [-0.2, 0) is 9.53 Å². The first-order valence-electron chi connectivity index (χ1n) is 7.15. The second kappa shape index (κ2) is 6.17. The van der Waals surface area contributed by atoms with Crippen LogP contribution in [0.3, 0.4) is 0 Å². The number of benzene rings is 1. The second-order valence-corrected chi connectivity index (χ2v) is 5.82. The van der Waals surface area contributed by atoms with Crippen molar-refractivity contribution in [2.75, 3.05) is 20.2 Å². The van der Waals surface area contributed by atoms with Gasteiger partial charge >= 0.3 is 5.97 Å². The lowest BCUT2D eigenvalue weighted by molar-refractivity contribution is -0.154. The molecule has 6 heteroatoms. The normalized spacial score (nSPS) is 21.3. The van der Waals surface area contributed by atoms with Gasteiger partial charge in [-0.05, 0) is 44.0 Å². The van der Waals surface area contributed by atoms with E-state index in [0.29, 0.717) is 30.6 Å². The molecule has 1 aromatic carbocycles. The molecule has 1 fully saturated rings. The molecule has 1 saturated heterocycles. The molecule has 0 aliphatic carbocycles. The van der Waals surface area contributed by atoms with Gasteiger partial charge in [-0.1, -0.05) is 0 Å². The molecule has 0 radical (unpaired) electrons. The van der Waals surface area contributed by atoms with Gasteiger partial charge in [0, 0.05) is 24.2 Å². The first-order valence-corrected chi connectivity index (χ1v) is 7.15. The van der Waals surface area contributed by atoms with E-state index in [9.17, 15) is 14.4 Å². The van der Waals surface area contributed by atoms with Crippen molar-refractivity contribution in [1.82, 2.24) is 4.90 Å². The van der Waals surface area contributed by atoms with Gasteiger partial charge in [-0.15, -0.1) is 0 Å². The van der Waals surface area contributed by atoms with Crippen molar-refractivity contribution in [2.45, 2.75) is 19.8 Å². The maximum Gasteiger partial charge on any atom is 0.313 e. The number of likely N-dealkylation sites (tertiary alicyclic amines) is 1. The molecule has 0 bridgehead atoms. The van der Waals surface area contributed by atoms with Crippen LogP contribution in [0.5, 0.6) is 0 Å². The van der Waals surface area contributed by atoms with E-state index in [2.05, 4.69) is 0 Å². The summed E-state index contributed by atoms with van der Waals surface area (Å²) in [5.41, 5.74) is 5.34. The van der Waals surface area contributed by atoms with Crippen molar-refractivity contribution < 1.29 is 19.1 Å². The van der Waals surface area contributed by atoms with E-state index in [4.69, 9.17) is 10.5 Å². The van der Waals surface area contributed by atoms with Crippen LogP contribution < -0.4 is 5.73 Å². The summed E-state index contributed by atoms with van der Waals surface area (Å²) in [6.45, 7) is 2.74. The maximum absolute atomic E-state index is 12.5. The van der Waals surface area contributed by atoms with Gasteiger partial charge < -0.3 is 15.4 Å². The number of methoxy groups -OCH3 is 1. The summed E-state index contributed by atoms with van der Waals surface area (Å²) < 4.78 is 4.84. The first kappa shape index (κ1) is 16.0. The van der Waals surface area contributed by atoms with Crippen LogP contribution in [0.1, 0.15) is 40.5 Å². The third-order valence-electron chi connectivity index (χ3n) is 4.08. The van der Waals surface area contributed by atoms with E-state index in [0.717, 1.165) is 6.42 Å². The van der Waals surface area contributed by atoms with Crippen LogP contribution >= 0.6 is 0 Å². The fourth-order valence-corrected chi connectivity index (χ4v) is 2.79. The molecule has 118 valence electrons. The largest absolute Gasteiger partial charge is 0.469 e. The number of nitrogens with two attached hydrogens (primary N) is 1. The Hall–Kier alpha value is -2.37. The lowest BCUT2D eigenvalue weighted by Crippen LogP contribution is -2.48. The molecule has 1 unspecified atom stereocenters. The fourth-order valence-electron chi connectivity index (χ4n) is 2.79. The van der Waals surface area contributed by atoms with Gasteiger partial charge in [-0.3, -0.25) is 14.4 Å². The van der Waals surface area contributed by atoms with Crippen LogP contribution in [0.25, 0.3) is 0 Å². The Bertz CT molecular complexity index is 597. The monoisotopic (exact) mass is 304 g/mol. The average molecular weight is 304 g/mol. The highest BCUT2D eigenvalue weighted by Gasteiger charge is 2.40. The Balaban J connectivity index is 2.15. The van der Waals surface area contributed by atoms with Gasteiger partial charge in [0.1, 0.15) is 0 Å². The number of piperidine rings is 1. The van der Waals surface area contributed by atoms with Crippen LogP contribution in [0.2, 0.25) is 0 Å². The maximum atomic E-state index is 12.5. The van der Waals surface area contributed by atoms with Crippen molar-refractivity contribution in [3.63, 3.8) is 0 Å². The Morgan fingerprint density at radius 2 is 1.77 bits per heavy atom. The van der Waals surface area contributed by atoms with Crippen LogP contribution in [-0.4, -0.2) is 42.9 Å². The Morgan fingerprint density at radius 1 is 1.18 bits per heavy atom. The standard InChI is InChI=1S/C16H20N2O4/c1-16(15(21)22-2)8-3-9-18(10-16)14(20)12-6-4-11(5-7-12)13(17)19/h4-7H,3,8-10H2,1-2H3,(H2,17,19). The van der Waals surface area contributed by atoms with E-state index < -0.39 is 11.3 Å². The molecule has 2 rings (SSSR count). The third-order valence-corrected chi connectivity index (χ3v) is 4.08. The average Bonchev–Trinajstić information content (AvgIpc) is 2.53. The SMILES string of the molecule is COC(=O)C1(C)CCCN(C(=O)c2ccc(C(N)=O)cc2)C1. The molecule has 2 amide bonds. The minimum absolute atomic E-state index is 0.161. The number of hydrogen-bond donors (Lipinski definition) is 1. The van der Waals surface area contributed by atoms with Gasteiger partial charge in [0.15, 0.2) is 0 Å². The van der Waals surface area contributed by atoms with E-state index in [-0.39, 0.29) is 11.9 Å². The molecular formula is C16H20N2O4. The number of rotatable bonds is 3. The third kappa shape index (κ3) is 3.10. The zero-order valence-electron chi connectivity index (χ0n) is 12.8. The molecule has 0 spiro atoms. The number of ether oxygens (including phenoxy) is 1. The fraction of sp³-hybridized carbons (Fsp3) is 0.438. The van der Waals surface area contributed by atoms with Crippen molar-refractivity contribution in [3.05, 3.63) is 35.4 Å². The molecule has 1 aliphatic rings. The summed E-state index contributed by atoms with van der Waals surface area (Å²) in [5, 5.41) is 0. The molecule has 1 aromatic rings. The Labute approximate surface area is 129 Å². The quantitative estimate of drug-likeness (QED) is 0.850. The van der Waals surface area contributed by atoms with Crippen molar-refractivity contribution in [3.8, 4) is 0 Å². The Morgan fingerprint density at radius 3 is 2.32 bits per heavy atom. The van der Waals surface area contributed by atoms with Crippen LogP contribution in [0.4, 0.5) is 0 Å². The van der Waals surface area contributed by atoms with Crippen molar-refractivity contribution in [2.24, 2.45) is 11.1 Å². The number of nitrogens with zero attached hydrogens (tertiary/aromatic N) is 1. The van der Waals surface area contributed by atoms with Crippen LogP contribution in [0, 0.1) is 5.41 Å². The lowest BCUT2D eigenvalue weighted by atomic mass is 9.81. The first-order chi connectivity index (χ1) is 10.4. The summed E-state index contributed by atoms with van der Waals surface area (Å²) in [4.78, 5) is 37.1. The summed E-state index contributed by atoms with van der Waals surface area (Å²) >= 11 is 0. The van der Waals surface area contributed by atoms with Gasteiger partial charge in [0.2, 0.25) is 5.91 Å². The second-order valence-electron chi connectivity index (χ2n) is 5.82. The highest BCUT2D eigenvalue weighted by Crippen LogP contribution is 2.31. The zero-order valence-corrected chi connectivity index (χ0v) is 12.8. The van der Waals surface area contributed by atoms with E-state index in [1.807, 2.05) is 6.92 Å². The van der Waals surface area contributed by atoms with Gasteiger partial charge in [0.25, 0.3) is 5.91 Å². The topological polar surface area (TPSA) is 89.7 Å². The molecule has 6 nitrogen and oxygen atoms in total. The van der Waals surface area contributed by atoms with Gasteiger partial charge in [-0.25, -0.2) is 0 Å².